The largest absolute Gasteiger partial charge is 0.344 e. The summed E-state index contributed by atoms with van der Waals surface area (Å²) < 4.78 is 0. The summed E-state index contributed by atoms with van der Waals surface area (Å²) in [5.74, 6) is 2.61. The lowest BCUT2D eigenvalue weighted by Gasteiger charge is -2.55. The van der Waals surface area contributed by atoms with Gasteiger partial charge in [-0.2, -0.15) is 0 Å². The van der Waals surface area contributed by atoms with Crippen molar-refractivity contribution < 1.29 is 9.59 Å². The molecule has 1 aromatic rings. The third kappa shape index (κ3) is 3.63. The van der Waals surface area contributed by atoms with E-state index in [9.17, 15) is 9.59 Å². The van der Waals surface area contributed by atoms with Gasteiger partial charge in [0.05, 0.1) is 0 Å². The lowest BCUT2D eigenvalue weighted by Crippen LogP contribution is -2.56. The first kappa shape index (κ1) is 18.5. The van der Waals surface area contributed by atoms with Crippen molar-refractivity contribution in [3.8, 4) is 0 Å². The molecule has 4 saturated carbocycles. The van der Waals surface area contributed by atoms with Crippen LogP contribution >= 0.6 is 0 Å². The average molecular weight is 369 g/mol. The van der Waals surface area contributed by atoms with Gasteiger partial charge in [0.25, 0.3) is 0 Å². The smallest absolute Gasteiger partial charge is 0.246 e. The zero-order valence-corrected chi connectivity index (χ0v) is 16.8. The van der Waals surface area contributed by atoms with Crippen LogP contribution in [-0.4, -0.2) is 17.9 Å². The van der Waals surface area contributed by atoms with Crippen molar-refractivity contribution in [2.24, 2.45) is 23.2 Å². The summed E-state index contributed by atoms with van der Waals surface area (Å²) in [5, 5.41) is 5.97. The zero-order chi connectivity index (χ0) is 19.2. The fourth-order valence-electron chi connectivity index (χ4n) is 6.01. The Bertz CT molecular complexity index is 687. The lowest BCUT2D eigenvalue weighted by atomic mass is 9.49. The fraction of sp³-hybridized carbons (Fsp3) is 0.652. The van der Waals surface area contributed by atoms with Gasteiger partial charge in [-0.3, -0.25) is 9.59 Å². The molecule has 4 heteroatoms. The SMILES string of the molecule is CC(C)c1ccc(NC(=O)[C@H](C)NC(=O)C23CC4CC(CC(C4)C2)C3)cc1. The molecule has 0 radical (unpaired) electrons. The molecule has 2 amide bonds. The van der Waals surface area contributed by atoms with Crippen molar-refractivity contribution in [1.29, 1.82) is 0 Å². The maximum absolute atomic E-state index is 13.1. The average Bonchev–Trinajstić information content (AvgIpc) is 2.60. The van der Waals surface area contributed by atoms with Crippen LogP contribution in [0.15, 0.2) is 24.3 Å². The molecule has 27 heavy (non-hydrogen) atoms. The van der Waals surface area contributed by atoms with E-state index in [4.69, 9.17) is 0 Å². The van der Waals surface area contributed by atoms with Crippen molar-refractivity contribution in [2.45, 2.75) is 71.3 Å². The van der Waals surface area contributed by atoms with Crippen molar-refractivity contribution in [3.05, 3.63) is 29.8 Å². The van der Waals surface area contributed by atoms with Crippen LogP contribution in [0.4, 0.5) is 5.69 Å². The van der Waals surface area contributed by atoms with Crippen LogP contribution < -0.4 is 10.6 Å². The summed E-state index contributed by atoms with van der Waals surface area (Å²) in [5.41, 5.74) is 1.82. The highest BCUT2D eigenvalue weighted by molar-refractivity contribution is 5.97. The monoisotopic (exact) mass is 368 g/mol. The van der Waals surface area contributed by atoms with Gasteiger partial charge in [-0.05, 0) is 86.8 Å². The molecule has 4 aliphatic carbocycles. The number of anilines is 1. The zero-order valence-electron chi connectivity index (χ0n) is 16.8. The molecule has 0 heterocycles. The summed E-state index contributed by atoms with van der Waals surface area (Å²) in [4.78, 5) is 25.7. The molecule has 0 aliphatic heterocycles. The Morgan fingerprint density at radius 3 is 1.93 bits per heavy atom. The van der Waals surface area contributed by atoms with Crippen molar-refractivity contribution >= 4 is 17.5 Å². The molecule has 4 nitrogen and oxygen atoms in total. The molecular weight excluding hydrogens is 336 g/mol. The molecule has 0 saturated heterocycles. The van der Waals surface area contributed by atoms with Gasteiger partial charge >= 0.3 is 0 Å². The Labute approximate surface area is 162 Å². The lowest BCUT2D eigenvalue weighted by molar-refractivity contribution is -0.147. The minimum atomic E-state index is -0.518. The van der Waals surface area contributed by atoms with Gasteiger partial charge in [-0.25, -0.2) is 0 Å². The van der Waals surface area contributed by atoms with Crippen molar-refractivity contribution in [1.82, 2.24) is 5.32 Å². The molecule has 1 atom stereocenters. The van der Waals surface area contributed by atoms with Gasteiger partial charge in [0.2, 0.25) is 11.8 Å². The Kier molecular flexibility index (Phi) is 4.77. The second-order valence-corrected chi connectivity index (χ2v) is 9.66. The molecule has 4 fully saturated rings. The minimum Gasteiger partial charge on any atom is -0.344 e. The maximum Gasteiger partial charge on any atom is 0.246 e. The van der Waals surface area contributed by atoms with Gasteiger partial charge < -0.3 is 10.6 Å². The predicted octanol–water partition coefficient (Wildman–Crippen LogP) is 4.47. The van der Waals surface area contributed by atoms with Crippen LogP contribution in [0.1, 0.15) is 70.8 Å². The van der Waals surface area contributed by atoms with Crippen LogP contribution in [0.3, 0.4) is 0 Å². The van der Waals surface area contributed by atoms with Crippen molar-refractivity contribution in [3.63, 3.8) is 0 Å². The molecule has 0 unspecified atom stereocenters. The number of carbonyl (C=O) groups excluding carboxylic acids is 2. The summed E-state index contributed by atoms with van der Waals surface area (Å²) in [6.07, 6.45) is 7.01. The highest BCUT2D eigenvalue weighted by Gasteiger charge is 2.54. The number of hydrogen-bond acceptors (Lipinski definition) is 2. The van der Waals surface area contributed by atoms with E-state index in [1.165, 1.54) is 24.8 Å². The predicted molar refractivity (Wildman–Crippen MR) is 107 cm³/mol. The van der Waals surface area contributed by atoms with Gasteiger partial charge in [-0.1, -0.05) is 26.0 Å². The summed E-state index contributed by atoms with van der Waals surface area (Å²) in [6.45, 7) is 6.08. The van der Waals surface area contributed by atoms with E-state index >= 15 is 0 Å². The number of amides is 2. The van der Waals surface area contributed by atoms with E-state index in [0.29, 0.717) is 5.92 Å². The summed E-state index contributed by atoms with van der Waals surface area (Å²) >= 11 is 0. The number of hydrogen-bond donors (Lipinski definition) is 2. The normalized spacial score (nSPS) is 32.4. The number of nitrogens with one attached hydrogen (secondary N) is 2. The highest BCUT2D eigenvalue weighted by atomic mass is 16.2. The molecule has 2 N–H and O–H groups in total. The van der Waals surface area contributed by atoms with E-state index in [1.54, 1.807) is 6.92 Å². The van der Waals surface area contributed by atoms with Crippen molar-refractivity contribution in [2.75, 3.05) is 5.32 Å². The number of carbonyl (C=O) groups is 2. The van der Waals surface area contributed by atoms with Gasteiger partial charge in [0.15, 0.2) is 0 Å². The van der Waals surface area contributed by atoms with Crippen LogP contribution in [0, 0.1) is 23.2 Å². The van der Waals surface area contributed by atoms with Crippen LogP contribution in [0.5, 0.6) is 0 Å². The third-order valence-electron chi connectivity index (χ3n) is 7.11. The van der Waals surface area contributed by atoms with Gasteiger partial charge in [-0.15, -0.1) is 0 Å². The molecule has 146 valence electrons. The minimum absolute atomic E-state index is 0.111. The van der Waals surface area contributed by atoms with Crippen LogP contribution in [0.25, 0.3) is 0 Å². The first-order valence-corrected chi connectivity index (χ1v) is 10.6. The second kappa shape index (κ2) is 6.96. The van der Waals surface area contributed by atoms with Gasteiger partial charge in [0.1, 0.15) is 6.04 Å². The maximum atomic E-state index is 13.1. The Morgan fingerprint density at radius 2 is 1.44 bits per heavy atom. The Morgan fingerprint density at radius 1 is 0.926 bits per heavy atom. The first-order chi connectivity index (χ1) is 12.8. The van der Waals surface area contributed by atoms with E-state index in [0.717, 1.165) is 42.7 Å². The van der Waals surface area contributed by atoms with Crippen LogP contribution in [-0.2, 0) is 9.59 Å². The standard InChI is InChI=1S/C23H32N2O2/c1-14(2)19-4-6-20(7-5-19)25-21(26)15(3)24-22(27)23-11-16-8-17(12-23)10-18(9-16)13-23/h4-7,14-18H,8-13H2,1-3H3,(H,24,27)(H,25,26)/t15-,16?,17?,18?,23?/m0/s1. The second-order valence-electron chi connectivity index (χ2n) is 9.66. The molecule has 4 bridgehead atoms. The fourth-order valence-corrected chi connectivity index (χ4v) is 6.01. The first-order valence-electron chi connectivity index (χ1n) is 10.6. The molecule has 4 aliphatic rings. The van der Waals surface area contributed by atoms with Gasteiger partial charge in [0, 0.05) is 11.1 Å². The van der Waals surface area contributed by atoms with E-state index in [-0.39, 0.29) is 17.2 Å². The number of benzene rings is 1. The quantitative estimate of drug-likeness (QED) is 0.805. The Balaban J connectivity index is 1.36. The topological polar surface area (TPSA) is 58.2 Å². The highest BCUT2D eigenvalue weighted by Crippen LogP contribution is 2.60. The molecule has 0 spiro atoms. The summed E-state index contributed by atoms with van der Waals surface area (Å²) in [6, 6.07) is 7.43. The number of rotatable bonds is 5. The molecule has 5 rings (SSSR count). The van der Waals surface area contributed by atoms with E-state index in [1.807, 2.05) is 24.3 Å². The van der Waals surface area contributed by atoms with E-state index < -0.39 is 6.04 Å². The third-order valence-corrected chi connectivity index (χ3v) is 7.11. The van der Waals surface area contributed by atoms with Crippen LogP contribution in [0.2, 0.25) is 0 Å². The molecule has 0 aromatic heterocycles. The molecule has 1 aromatic carbocycles. The van der Waals surface area contributed by atoms with E-state index in [2.05, 4.69) is 24.5 Å². The summed E-state index contributed by atoms with van der Waals surface area (Å²) in [7, 11) is 0. The Hall–Kier alpha value is -1.84. The molecular formula is C23H32N2O2.